The van der Waals surface area contributed by atoms with Crippen LogP contribution in [-0.2, 0) is 6.42 Å². The molecule has 2 atom stereocenters. The summed E-state index contributed by atoms with van der Waals surface area (Å²) in [6.45, 7) is 1.38. The third-order valence-corrected chi connectivity index (χ3v) is 4.29. The number of furan rings is 1. The maximum atomic E-state index is 13.5. The molecule has 1 aromatic carbocycles. The minimum Gasteiger partial charge on any atom is -0.461 e. The Bertz CT molecular complexity index is 892. The number of rotatable bonds is 3. The van der Waals surface area contributed by atoms with Crippen LogP contribution in [0.3, 0.4) is 0 Å². The average molecular weight is 327 g/mol. The fraction of sp³-hybridized carbons (Fsp3) is 0.353. The van der Waals surface area contributed by atoms with E-state index in [0.717, 1.165) is 41.6 Å². The Morgan fingerprint density at radius 3 is 2.96 bits per heavy atom. The normalized spacial score (nSPS) is 18.3. The molecular formula is C17H18FN5O. The molecule has 0 fully saturated rings. The molecule has 3 N–H and O–H groups in total. The number of nitrogen functional groups attached to an aromatic ring is 1. The number of nitrogens with zero attached hydrogens (tertiary/aromatic N) is 3. The van der Waals surface area contributed by atoms with Crippen molar-refractivity contribution >= 4 is 22.9 Å². The van der Waals surface area contributed by atoms with Gasteiger partial charge in [0.1, 0.15) is 11.3 Å². The van der Waals surface area contributed by atoms with Gasteiger partial charge >= 0.3 is 0 Å². The third kappa shape index (κ3) is 2.55. The maximum Gasteiger partial charge on any atom is 0.228 e. The monoisotopic (exact) mass is 327 g/mol. The summed E-state index contributed by atoms with van der Waals surface area (Å²) < 4.78 is 19.5. The van der Waals surface area contributed by atoms with Gasteiger partial charge < -0.3 is 15.5 Å². The van der Waals surface area contributed by atoms with E-state index in [0.29, 0.717) is 5.95 Å². The zero-order valence-corrected chi connectivity index (χ0v) is 13.3. The maximum absolute atomic E-state index is 13.5. The van der Waals surface area contributed by atoms with Crippen LogP contribution in [0.25, 0.3) is 11.0 Å². The second-order valence-corrected chi connectivity index (χ2v) is 6.02. The van der Waals surface area contributed by atoms with Gasteiger partial charge in [-0.15, -0.1) is 0 Å². The van der Waals surface area contributed by atoms with Crippen molar-refractivity contribution in [1.82, 2.24) is 15.0 Å². The molecule has 0 aliphatic heterocycles. The minimum atomic E-state index is -1.30. The number of hydrogen-bond acceptors (Lipinski definition) is 6. The van der Waals surface area contributed by atoms with Crippen molar-refractivity contribution in [2.24, 2.45) is 0 Å². The van der Waals surface area contributed by atoms with Crippen molar-refractivity contribution in [2.45, 2.75) is 38.4 Å². The number of nitrogens with two attached hydrogens (primary N) is 1. The molecule has 0 radical (unpaired) electrons. The third-order valence-electron chi connectivity index (χ3n) is 4.29. The first-order chi connectivity index (χ1) is 11.6. The smallest absolute Gasteiger partial charge is 0.228 e. The molecule has 124 valence electrons. The van der Waals surface area contributed by atoms with Crippen LogP contribution < -0.4 is 11.1 Å². The van der Waals surface area contributed by atoms with Crippen LogP contribution in [0, 0.1) is 0 Å². The number of benzene rings is 1. The van der Waals surface area contributed by atoms with Gasteiger partial charge in [0.2, 0.25) is 11.9 Å². The van der Waals surface area contributed by atoms with Crippen LogP contribution >= 0.6 is 0 Å². The first-order valence-corrected chi connectivity index (χ1v) is 8.04. The van der Waals surface area contributed by atoms with E-state index in [1.165, 1.54) is 6.92 Å². The Morgan fingerprint density at radius 2 is 2.12 bits per heavy atom. The SMILES string of the molecule is CC(F)c1nc(N)nc(N[C@@H]2CCCc3oc4ccccc4c32)n1. The van der Waals surface area contributed by atoms with E-state index in [1.807, 2.05) is 18.2 Å². The lowest BCUT2D eigenvalue weighted by Gasteiger charge is -2.23. The molecule has 7 heteroatoms. The van der Waals surface area contributed by atoms with Crippen molar-refractivity contribution in [1.29, 1.82) is 0 Å². The fourth-order valence-electron chi connectivity index (χ4n) is 3.25. The summed E-state index contributed by atoms with van der Waals surface area (Å²) in [4.78, 5) is 12.1. The van der Waals surface area contributed by atoms with E-state index in [4.69, 9.17) is 10.2 Å². The molecule has 6 nitrogen and oxygen atoms in total. The van der Waals surface area contributed by atoms with Gasteiger partial charge in [-0.25, -0.2) is 4.39 Å². The lowest BCUT2D eigenvalue weighted by atomic mass is 9.91. The predicted molar refractivity (Wildman–Crippen MR) is 89.3 cm³/mol. The Kier molecular flexibility index (Phi) is 3.55. The molecule has 0 saturated carbocycles. The summed E-state index contributed by atoms with van der Waals surface area (Å²) in [5, 5.41) is 4.37. The number of anilines is 2. The number of alkyl halides is 1. The number of nitrogens with one attached hydrogen (secondary N) is 1. The highest BCUT2D eigenvalue weighted by Crippen LogP contribution is 2.39. The number of para-hydroxylation sites is 1. The van der Waals surface area contributed by atoms with Crippen LogP contribution in [0.5, 0.6) is 0 Å². The van der Waals surface area contributed by atoms with Gasteiger partial charge in [0, 0.05) is 17.4 Å². The van der Waals surface area contributed by atoms with E-state index >= 15 is 0 Å². The average Bonchev–Trinajstić information content (AvgIpc) is 2.93. The van der Waals surface area contributed by atoms with Crippen molar-refractivity contribution in [3.8, 4) is 0 Å². The van der Waals surface area contributed by atoms with Gasteiger partial charge in [0.05, 0.1) is 6.04 Å². The van der Waals surface area contributed by atoms with Crippen LogP contribution in [0.2, 0.25) is 0 Å². The summed E-state index contributed by atoms with van der Waals surface area (Å²) in [6, 6.07) is 7.97. The largest absolute Gasteiger partial charge is 0.461 e. The second-order valence-electron chi connectivity index (χ2n) is 6.02. The molecular weight excluding hydrogens is 309 g/mol. The van der Waals surface area contributed by atoms with E-state index in [1.54, 1.807) is 0 Å². The standard InChI is InChI=1S/C17H18FN5O/c1-9(18)15-21-16(19)23-17(22-15)20-11-6-4-8-13-14(11)10-5-2-3-7-12(10)24-13/h2-3,5,7,9,11H,4,6,8H2,1H3,(H3,19,20,21,22,23)/t9?,11-/m1/s1. The summed E-state index contributed by atoms with van der Waals surface area (Å²) >= 11 is 0. The van der Waals surface area contributed by atoms with Crippen molar-refractivity contribution in [3.05, 3.63) is 41.4 Å². The van der Waals surface area contributed by atoms with Gasteiger partial charge in [-0.2, -0.15) is 15.0 Å². The highest BCUT2D eigenvalue weighted by molar-refractivity contribution is 5.83. The molecule has 1 aliphatic rings. The molecule has 0 saturated heterocycles. The summed E-state index contributed by atoms with van der Waals surface area (Å²) in [6.07, 6.45) is 1.53. The molecule has 1 aliphatic carbocycles. The van der Waals surface area contributed by atoms with Gasteiger partial charge in [-0.1, -0.05) is 18.2 Å². The molecule has 0 amide bonds. The number of aromatic nitrogens is 3. The van der Waals surface area contributed by atoms with Crippen molar-refractivity contribution in [3.63, 3.8) is 0 Å². The number of hydrogen-bond donors (Lipinski definition) is 2. The zero-order chi connectivity index (χ0) is 16.7. The molecule has 2 heterocycles. The lowest BCUT2D eigenvalue weighted by Crippen LogP contribution is -2.19. The summed E-state index contributed by atoms with van der Waals surface area (Å²) in [5.74, 6) is 1.34. The topological polar surface area (TPSA) is 89.9 Å². The zero-order valence-electron chi connectivity index (χ0n) is 13.3. The second kappa shape index (κ2) is 5.74. The molecule has 1 unspecified atom stereocenters. The number of halogens is 1. The highest BCUT2D eigenvalue weighted by Gasteiger charge is 2.27. The van der Waals surface area contributed by atoms with E-state index in [-0.39, 0.29) is 17.8 Å². The molecule has 4 rings (SSSR count). The van der Waals surface area contributed by atoms with Crippen molar-refractivity contribution < 1.29 is 8.81 Å². The van der Waals surface area contributed by atoms with E-state index in [2.05, 4.69) is 26.3 Å². The van der Waals surface area contributed by atoms with Gasteiger partial charge in [0.25, 0.3) is 0 Å². The van der Waals surface area contributed by atoms with Gasteiger partial charge in [-0.3, -0.25) is 0 Å². The van der Waals surface area contributed by atoms with Crippen LogP contribution in [-0.4, -0.2) is 15.0 Å². The fourth-order valence-corrected chi connectivity index (χ4v) is 3.25. The Balaban J connectivity index is 1.72. The van der Waals surface area contributed by atoms with Crippen molar-refractivity contribution in [2.75, 3.05) is 11.1 Å². The minimum absolute atomic E-state index is 0.00182. The van der Waals surface area contributed by atoms with Crippen LogP contribution in [0.4, 0.5) is 16.3 Å². The molecule has 2 aromatic heterocycles. The summed E-state index contributed by atoms with van der Waals surface area (Å²) in [5.41, 5.74) is 7.69. The number of fused-ring (bicyclic) bond motifs is 3. The van der Waals surface area contributed by atoms with Gasteiger partial charge in [-0.05, 0) is 25.8 Å². The molecule has 3 aromatic rings. The first-order valence-electron chi connectivity index (χ1n) is 8.04. The quantitative estimate of drug-likeness (QED) is 0.762. The van der Waals surface area contributed by atoms with Gasteiger partial charge in [0.15, 0.2) is 12.0 Å². The Morgan fingerprint density at radius 1 is 1.29 bits per heavy atom. The van der Waals surface area contributed by atoms with Crippen LogP contribution in [0.15, 0.2) is 28.7 Å². The predicted octanol–water partition coefficient (Wildman–Crippen LogP) is 3.72. The summed E-state index contributed by atoms with van der Waals surface area (Å²) in [7, 11) is 0. The Hall–Kier alpha value is -2.70. The van der Waals surface area contributed by atoms with E-state index < -0.39 is 6.17 Å². The highest BCUT2D eigenvalue weighted by atomic mass is 19.1. The van der Waals surface area contributed by atoms with E-state index in [9.17, 15) is 4.39 Å². The molecule has 24 heavy (non-hydrogen) atoms. The lowest BCUT2D eigenvalue weighted by molar-refractivity contribution is 0.356. The first kappa shape index (κ1) is 14.9. The Labute approximate surface area is 138 Å². The number of aryl methyl sites for hydroxylation is 1. The molecule has 0 spiro atoms. The van der Waals surface area contributed by atoms with Crippen LogP contribution in [0.1, 0.15) is 49.1 Å². The molecule has 0 bridgehead atoms.